The summed E-state index contributed by atoms with van der Waals surface area (Å²) in [6, 6.07) is 10.1. The average molecular weight is 311 g/mol. The summed E-state index contributed by atoms with van der Waals surface area (Å²) in [4.78, 5) is 2.42. The molecule has 1 N–H and O–H groups in total. The lowest BCUT2D eigenvalue weighted by atomic mass is 9.68. The van der Waals surface area contributed by atoms with Gasteiger partial charge in [-0.15, -0.1) is 0 Å². The highest BCUT2D eigenvalue weighted by atomic mass is 16.3. The van der Waals surface area contributed by atoms with E-state index in [-0.39, 0.29) is 5.41 Å². The van der Waals surface area contributed by atoms with Crippen LogP contribution in [0.5, 0.6) is 0 Å². The second-order valence-corrected chi connectivity index (χ2v) is 7.48. The number of piperidine rings is 1. The van der Waals surface area contributed by atoms with Crippen molar-refractivity contribution in [2.24, 2.45) is 5.41 Å². The van der Waals surface area contributed by atoms with E-state index in [1.54, 1.807) is 0 Å². The zero-order chi connectivity index (χ0) is 16.2. The van der Waals surface area contributed by atoms with Gasteiger partial charge in [0.1, 0.15) is 0 Å². The second kappa shape index (κ2) is 7.07. The lowest BCUT2D eigenvalue weighted by Crippen LogP contribution is -2.41. The van der Waals surface area contributed by atoms with Crippen LogP contribution in [0.3, 0.4) is 0 Å². The van der Waals surface area contributed by atoms with Crippen molar-refractivity contribution in [3.05, 3.63) is 35.9 Å². The minimum atomic E-state index is -1.03. The first-order chi connectivity index (χ1) is 11.1. The van der Waals surface area contributed by atoms with Gasteiger partial charge in [-0.1, -0.05) is 68.4 Å². The Balaban J connectivity index is 1.84. The molecule has 2 nitrogen and oxygen atoms in total. The van der Waals surface area contributed by atoms with Gasteiger partial charge in [0.15, 0.2) is 5.60 Å². The van der Waals surface area contributed by atoms with Gasteiger partial charge < -0.3 is 5.11 Å². The van der Waals surface area contributed by atoms with Crippen molar-refractivity contribution < 1.29 is 5.11 Å². The Morgan fingerprint density at radius 2 is 1.70 bits per heavy atom. The fraction of sp³-hybridized carbons (Fsp3) is 0.619. The lowest BCUT2D eigenvalue weighted by molar-refractivity contribution is -0.0278. The van der Waals surface area contributed by atoms with Crippen LogP contribution in [0, 0.1) is 17.3 Å². The Morgan fingerprint density at radius 3 is 2.35 bits per heavy atom. The van der Waals surface area contributed by atoms with Gasteiger partial charge in [-0.2, -0.15) is 0 Å². The molecule has 1 aromatic carbocycles. The lowest BCUT2D eigenvalue weighted by Gasteiger charge is -2.39. The molecule has 1 saturated heterocycles. The standard InChI is InChI=1S/C21H29NO/c1-20(13-6-7-14-20)21(23,19-11-4-2-5-12-19)15-10-18-22-16-8-3-9-17-22/h2,4-5,11-12,23H,3,6-9,13-14,16-18H2,1H3. The topological polar surface area (TPSA) is 23.5 Å². The number of aliphatic hydroxyl groups is 1. The monoisotopic (exact) mass is 311 g/mol. The summed E-state index contributed by atoms with van der Waals surface area (Å²) in [6.45, 7) is 5.29. The third kappa shape index (κ3) is 3.47. The molecule has 23 heavy (non-hydrogen) atoms. The van der Waals surface area contributed by atoms with Gasteiger partial charge in [0, 0.05) is 5.41 Å². The van der Waals surface area contributed by atoms with Crippen molar-refractivity contribution in [2.45, 2.75) is 57.5 Å². The fourth-order valence-corrected chi connectivity index (χ4v) is 4.16. The maximum Gasteiger partial charge on any atom is 0.156 e. The number of likely N-dealkylation sites (tertiary alicyclic amines) is 1. The highest BCUT2D eigenvalue weighted by Crippen LogP contribution is 2.50. The smallest absolute Gasteiger partial charge is 0.156 e. The Kier molecular flexibility index (Phi) is 5.09. The van der Waals surface area contributed by atoms with Crippen LogP contribution in [0.15, 0.2) is 30.3 Å². The average Bonchev–Trinajstić information content (AvgIpc) is 3.05. The Bertz CT molecular complexity index is 558. The molecular formula is C21H29NO. The van der Waals surface area contributed by atoms with Crippen LogP contribution in [-0.2, 0) is 5.60 Å². The van der Waals surface area contributed by atoms with Crippen LogP contribution in [0.2, 0.25) is 0 Å². The van der Waals surface area contributed by atoms with Crippen LogP contribution in [0.4, 0.5) is 0 Å². The molecule has 1 unspecified atom stereocenters. The van der Waals surface area contributed by atoms with Gasteiger partial charge in [-0.3, -0.25) is 4.90 Å². The molecule has 1 aliphatic carbocycles. The van der Waals surface area contributed by atoms with E-state index >= 15 is 0 Å². The molecule has 1 heterocycles. The normalized spacial score (nSPS) is 23.7. The van der Waals surface area contributed by atoms with Gasteiger partial charge >= 0.3 is 0 Å². The Labute approximate surface area is 140 Å². The summed E-state index contributed by atoms with van der Waals surface area (Å²) >= 11 is 0. The van der Waals surface area contributed by atoms with Crippen LogP contribution < -0.4 is 0 Å². The number of rotatable bonds is 3. The number of nitrogens with zero attached hydrogens (tertiary/aromatic N) is 1. The van der Waals surface area contributed by atoms with Gasteiger partial charge in [0.2, 0.25) is 0 Å². The zero-order valence-electron chi connectivity index (χ0n) is 14.4. The summed E-state index contributed by atoms with van der Waals surface area (Å²) in [6.07, 6.45) is 8.40. The fourth-order valence-electron chi connectivity index (χ4n) is 4.16. The van der Waals surface area contributed by atoms with E-state index in [1.165, 1.54) is 32.1 Å². The minimum Gasteiger partial charge on any atom is -0.373 e. The molecule has 3 rings (SSSR count). The molecule has 1 aliphatic heterocycles. The third-order valence-electron chi connectivity index (χ3n) is 5.79. The maximum absolute atomic E-state index is 11.6. The van der Waals surface area contributed by atoms with E-state index in [9.17, 15) is 5.11 Å². The SMILES string of the molecule is CC1(C(O)(C#CCN2CCCCC2)c2ccccc2)CCCC1. The van der Waals surface area contributed by atoms with E-state index in [4.69, 9.17) is 0 Å². The minimum absolute atomic E-state index is 0.136. The molecule has 2 fully saturated rings. The molecule has 0 aromatic heterocycles. The number of hydrogen-bond acceptors (Lipinski definition) is 2. The Morgan fingerprint density at radius 1 is 1.04 bits per heavy atom. The van der Waals surface area contributed by atoms with Crippen molar-refractivity contribution in [3.63, 3.8) is 0 Å². The number of hydrogen-bond donors (Lipinski definition) is 1. The predicted octanol–water partition coefficient (Wildman–Crippen LogP) is 3.94. The van der Waals surface area contributed by atoms with Gasteiger partial charge in [0.05, 0.1) is 6.54 Å². The zero-order valence-corrected chi connectivity index (χ0v) is 14.4. The Hall–Kier alpha value is -1.30. The molecule has 1 saturated carbocycles. The van der Waals surface area contributed by atoms with Crippen molar-refractivity contribution in [2.75, 3.05) is 19.6 Å². The van der Waals surface area contributed by atoms with Crippen molar-refractivity contribution in [1.29, 1.82) is 0 Å². The molecule has 0 radical (unpaired) electrons. The third-order valence-corrected chi connectivity index (χ3v) is 5.79. The van der Waals surface area contributed by atoms with E-state index in [0.717, 1.165) is 38.0 Å². The largest absolute Gasteiger partial charge is 0.373 e. The highest BCUT2D eigenvalue weighted by Gasteiger charge is 2.48. The number of benzene rings is 1. The summed E-state index contributed by atoms with van der Waals surface area (Å²) in [7, 11) is 0. The van der Waals surface area contributed by atoms with Crippen molar-refractivity contribution in [3.8, 4) is 11.8 Å². The summed E-state index contributed by atoms with van der Waals surface area (Å²) in [5, 5.41) is 11.6. The van der Waals surface area contributed by atoms with Gasteiger partial charge in [0.25, 0.3) is 0 Å². The first-order valence-electron chi connectivity index (χ1n) is 9.14. The first-order valence-corrected chi connectivity index (χ1v) is 9.14. The van der Waals surface area contributed by atoms with Crippen LogP contribution >= 0.6 is 0 Å². The molecule has 2 heteroatoms. The maximum atomic E-state index is 11.6. The van der Waals surface area contributed by atoms with Crippen molar-refractivity contribution in [1.82, 2.24) is 4.90 Å². The molecule has 1 atom stereocenters. The van der Waals surface area contributed by atoms with E-state index in [2.05, 4.69) is 23.7 Å². The molecule has 2 aliphatic rings. The molecule has 0 amide bonds. The molecule has 1 aromatic rings. The molecule has 124 valence electrons. The predicted molar refractivity (Wildman–Crippen MR) is 95.0 cm³/mol. The summed E-state index contributed by atoms with van der Waals surface area (Å²) in [5.41, 5.74) is -0.209. The van der Waals surface area contributed by atoms with E-state index in [0.29, 0.717) is 0 Å². The van der Waals surface area contributed by atoms with Gasteiger partial charge in [-0.05, 0) is 44.3 Å². The first kappa shape index (κ1) is 16.6. The molecule has 0 spiro atoms. The van der Waals surface area contributed by atoms with Crippen LogP contribution in [0.1, 0.15) is 57.4 Å². The highest BCUT2D eigenvalue weighted by molar-refractivity contribution is 5.35. The van der Waals surface area contributed by atoms with Crippen LogP contribution in [-0.4, -0.2) is 29.6 Å². The summed E-state index contributed by atoms with van der Waals surface area (Å²) in [5.74, 6) is 6.63. The molecule has 0 bridgehead atoms. The van der Waals surface area contributed by atoms with E-state index < -0.39 is 5.60 Å². The summed E-state index contributed by atoms with van der Waals surface area (Å²) < 4.78 is 0. The van der Waals surface area contributed by atoms with E-state index in [1.807, 2.05) is 30.3 Å². The second-order valence-electron chi connectivity index (χ2n) is 7.48. The molecular weight excluding hydrogens is 282 g/mol. The quantitative estimate of drug-likeness (QED) is 0.855. The van der Waals surface area contributed by atoms with Gasteiger partial charge in [-0.25, -0.2) is 0 Å². The van der Waals surface area contributed by atoms with Crippen LogP contribution in [0.25, 0.3) is 0 Å². The van der Waals surface area contributed by atoms with Crippen molar-refractivity contribution >= 4 is 0 Å².